The third-order valence-electron chi connectivity index (χ3n) is 3.36. The van der Waals surface area contributed by atoms with E-state index in [1.807, 2.05) is 0 Å². The van der Waals surface area contributed by atoms with Gasteiger partial charge in [0.05, 0.1) is 25.5 Å². The summed E-state index contributed by atoms with van der Waals surface area (Å²) in [6, 6.07) is 6.07. The molecule has 0 unspecified atom stereocenters. The molecule has 2 atom stereocenters. The quantitative estimate of drug-likeness (QED) is 0.879. The average Bonchev–Trinajstić information content (AvgIpc) is 2.80. The molecule has 1 N–H and O–H groups in total. The van der Waals surface area contributed by atoms with E-state index in [0.29, 0.717) is 11.3 Å². The van der Waals surface area contributed by atoms with Crippen LogP contribution in [0.4, 0.5) is 4.39 Å². The summed E-state index contributed by atoms with van der Waals surface area (Å²) < 4.78 is 44.1. The number of ether oxygens (including phenoxy) is 1. The molecule has 1 saturated heterocycles. The number of aliphatic hydroxyl groups excluding tert-OH is 1. The van der Waals surface area contributed by atoms with Gasteiger partial charge in [0, 0.05) is 6.54 Å². The fraction of sp³-hybridized carbons (Fsp3) is 0.538. The monoisotopic (exact) mass is 303 g/mol. The number of hydrogen-bond donors (Lipinski definition) is 1. The minimum absolute atomic E-state index is 0.0494. The molecule has 0 aromatic heterocycles. The van der Waals surface area contributed by atoms with Crippen molar-refractivity contribution in [2.75, 3.05) is 20.3 Å². The Kier molecular flexibility index (Phi) is 4.62. The lowest BCUT2D eigenvalue weighted by atomic mass is 10.2. The van der Waals surface area contributed by atoms with E-state index in [4.69, 9.17) is 4.74 Å². The van der Waals surface area contributed by atoms with Crippen molar-refractivity contribution in [3.05, 3.63) is 29.8 Å². The van der Waals surface area contributed by atoms with Gasteiger partial charge in [0.25, 0.3) is 0 Å². The molecule has 1 aliphatic rings. The second kappa shape index (κ2) is 6.07. The summed E-state index contributed by atoms with van der Waals surface area (Å²) in [6.45, 7) is -0.546. The summed E-state index contributed by atoms with van der Waals surface area (Å²) >= 11 is 0. The SMILES string of the molecule is COc1cccc(CS(=O)(=O)N2C[C@@H](F)C[C@H]2CO)c1. The predicted octanol–water partition coefficient (Wildman–Crippen LogP) is 0.930. The van der Waals surface area contributed by atoms with Gasteiger partial charge in [-0.2, -0.15) is 4.31 Å². The van der Waals surface area contributed by atoms with Crippen LogP contribution in [0.3, 0.4) is 0 Å². The first-order chi connectivity index (χ1) is 9.46. The van der Waals surface area contributed by atoms with Gasteiger partial charge in [-0.05, 0) is 24.1 Å². The molecule has 0 amide bonds. The second-order valence-corrected chi connectivity index (χ2v) is 6.77. The molecule has 7 heteroatoms. The van der Waals surface area contributed by atoms with Gasteiger partial charge in [0.1, 0.15) is 11.9 Å². The van der Waals surface area contributed by atoms with Gasteiger partial charge in [-0.25, -0.2) is 12.8 Å². The molecule has 1 fully saturated rings. The fourth-order valence-corrected chi connectivity index (χ4v) is 4.16. The highest BCUT2D eigenvalue weighted by molar-refractivity contribution is 7.88. The van der Waals surface area contributed by atoms with Crippen molar-refractivity contribution >= 4 is 10.0 Å². The number of nitrogens with zero attached hydrogens (tertiary/aromatic N) is 1. The lowest BCUT2D eigenvalue weighted by Gasteiger charge is -2.22. The summed E-state index contributed by atoms with van der Waals surface area (Å²) in [4.78, 5) is 0. The average molecular weight is 303 g/mol. The van der Waals surface area contributed by atoms with Crippen LogP contribution < -0.4 is 4.74 Å². The molecule has 112 valence electrons. The molecule has 1 aliphatic heterocycles. The van der Waals surface area contributed by atoms with E-state index in [9.17, 15) is 17.9 Å². The molecule has 1 heterocycles. The van der Waals surface area contributed by atoms with Crippen LogP contribution in [-0.4, -0.2) is 50.3 Å². The second-order valence-electron chi connectivity index (χ2n) is 4.85. The Morgan fingerprint density at radius 2 is 2.25 bits per heavy atom. The normalized spacial score (nSPS) is 23.9. The van der Waals surface area contributed by atoms with Crippen LogP contribution in [0.15, 0.2) is 24.3 Å². The largest absolute Gasteiger partial charge is 0.497 e. The predicted molar refractivity (Wildman–Crippen MR) is 72.7 cm³/mol. The first-order valence-electron chi connectivity index (χ1n) is 6.33. The van der Waals surface area contributed by atoms with Crippen LogP contribution in [0.2, 0.25) is 0 Å². The first-order valence-corrected chi connectivity index (χ1v) is 7.94. The first kappa shape index (κ1) is 15.2. The number of halogens is 1. The number of hydrogen-bond acceptors (Lipinski definition) is 4. The van der Waals surface area contributed by atoms with Crippen molar-refractivity contribution in [1.82, 2.24) is 4.31 Å². The fourth-order valence-electron chi connectivity index (χ4n) is 2.39. The van der Waals surface area contributed by atoms with Crippen LogP contribution in [0.5, 0.6) is 5.75 Å². The summed E-state index contributed by atoms with van der Waals surface area (Å²) in [5, 5.41) is 9.17. The maximum absolute atomic E-state index is 13.4. The molecule has 20 heavy (non-hydrogen) atoms. The van der Waals surface area contributed by atoms with E-state index in [1.54, 1.807) is 24.3 Å². The van der Waals surface area contributed by atoms with Crippen molar-refractivity contribution in [2.24, 2.45) is 0 Å². The van der Waals surface area contributed by atoms with E-state index in [-0.39, 0.29) is 25.3 Å². The van der Waals surface area contributed by atoms with Crippen molar-refractivity contribution < 1.29 is 22.7 Å². The molecular formula is C13H18FNO4S. The van der Waals surface area contributed by atoms with Gasteiger partial charge in [0.2, 0.25) is 10.0 Å². The lowest BCUT2D eigenvalue weighted by Crippen LogP contribution is -2.38. The number of methoxy groups -OCH3 is 1. The topological polar surface area (TPSA) is 66.8 Å². The maximum atomic E-state index is 13.4. The van der Waals surface area contributed by atoms with Gasteiger partial charge in [0.15, 0.2) is 0 Å². The van der Waals surface area contributed by atoms with E-state index in [2.05, 4.69) is 0 Å². The van der Waals surface area contributed by atoms with Crippen molar-refractivity contribution in [2.45, 2.75) is 24.4 Å². The van der Waals surface area contributed by atoms with Crippen LogP contribution in [0.25, 0.3) is 0 Å². The highest BCUT2D eigenvalue weighted by Gasteiger charge is 2.39. The molecule has 1 aromatic carbocycles. The van der Waals surface area contributed by atoms with E-state index < -0.39 is 22.2 Å². The molecule has 0 saturated carbocycles. The zero-order valence-corrected chi connectivity index (χ0v) is 12.0. The lowest BCUT2D eigenvalue weighted by molar-refractivity contribution is 0.212. The van der Waals surface area contributed by atoms with E-state index >= 15 is 0 Å². The number of alkyl halides is 1. The third-order valence-corrected chi connectivity index (χ3v) is 5.22. The third kappa shape index (κ3) is 3.28. The van der Waals surface area contributed by atoms with Crippen LogP contribution >= 0.6 is 0 Å². The Morgan fingerprint density at radius 1 is 1.50 bits per heavy atom. The summed E-state index contributed by atoms with van der Waals surface area (Å²) in [5.41, 5.74) is 0.573. The zero-order valence-electron chi connectivity index (χ0n) is 11.2. The summed E-state index contributed by atoms with van der Waals surface area (Å²) in [7, 11) is -2.15. The Bertz CT molecular complexity index is 563. The molecule has 0 spiro atoms. The van der Waals surface area contributed by atoms with Gasteiger partial charge >= 0.3 is 0 Å². The molecule has 2 rings (SSSR count). The Morgan fingerprint density at radius 3 is 2.90 bits per heavy atom. The number of sulfonamides is 1. The molecule has 5 nitrogen and oxygen atoms in total. The zero-order chi connectivity index (χ0) is 14.8. The van der Waals surface area contributed by atoms with E-state index in [0.717, 1.165) is 4.31 Å². The van der Waals surface area contributed by atoms with Crippen molar-refractivity contribution in [3.8, 4) is 5.75 Å². The number of benzene rings is 1. The molecule has 0 radical (unpaired) electrons. The van der Waals surface area contributed by atoms with Crippen LogP contribution in [0.1, 0.15) is 12.0 Å². The molecule has 0 bridgehead atoms. The van der Waals surface area contributed by atoms with Crippen LogP contribution in [0, 0.1) is 0 Å². The van der Waals surface area contributed by atoms with Gasteiger partial charge in [-0.15, -0.1) is 0 Å². The van der Waals surface area contributed by atoms with Crippen molar-refractivity contribution in [1.29, 1.82) is 0 Å². The highest BCUT2D eigenvalue weighted by Crippen LogP contribution is 2.26. The molecule has 1 aromatic rings. The van der Waals surface area contributed by atoms with Crippen LogP contribution in [-0.2, 0) is 15.8 Å². The smallest absolute Gasteiger partial charge is 0.218 e. The standard InChI is InChI=1S/C13H18FNO4S/c1-19-13-4-2-3-10(5-13)9-20(17,18)15-7-11(14)6-12(15)8-16/h2-5,11-12,16H,6-9H2,1H3/t11-,12-/m0/s1. The van der Waals surface area contributed by atoms with Gasteiger partial charge in [-0.1, -0.05) is 12.1 Å². The minimum Gasteiger partial charge on any atom is -0.497 e. The number of rotatable bonds is 5. The highest BCUT2D eigenvalue weighted by atomic mass is 32.2. The summed E-state index contributed by atoms with van der Waals surface area (Å²) in [5.74, 6) is 0.342. The molecule has 0 aliphatic carbocycles. The summed E-state index contributed by atoms with van der Waals surface area (Å²) in [6.07, 6.45) is -1.17. The molecular weight excluding hydrogens is 285 g/mol. The Labute approximate surface area is 118 Å². The number of aliphatic hydroxyl groups is 1. The van der Waals surface area contributed by atoms with Gasteiger partial charge in [-0.3, -0.25) is 0 Å². The van der Waals surface area contributed by atoms with Gasteiger partial charge < -0.3 is 9.84 Å². The minimum atomic E-state index is -3.65. The Balaban J connectivity index is 2.18. The van der Waals surface area contributed by atoms with Crippen molar-refractivity contribution in [3.63, 3.8) is 0 Å². The maximum Gasteiger partial charge on any atom is 0.218 e. The Hall–Kier alpha value is -1.18. The van der Waals surface area contributed by atoms with E-state index in [1.165, 1.54) is 7.11 Å².